The standard InChI is InChI=1S/C28H24F2N8O/c1-36-13-16(12-32-36)6-7-19-11-22(35-38(19)18-8-9-18)28(39)34-27(25-23-10-17(29)14-37(23)15-31-25)26-24(30)20-4-2-3-5-21(20)33-26/h2-5,11-13,15,17-18,27,33H,8-10,14H2,1H3,(H,34,39)/t17-,27?/m1/s1. The number of imidazole rings is 1. The third-order valence-electron chi connectivity index (χ3n) is 7.20. The predicted octanol–water partition coefficient (Wildman–Crippen LogP) is 3.58. The van der Waals surface area contributed by atoms with Crippen molar-refractivity contribution in [3.8, 4) is 11.8 Å². The second-order valence-corrected chi connectivity index (χ2v) is 10.1. The number of nitrogens with zero attached hydrogens (tertiary/aromatic N) is 6. The number of hydrogen-bond donors (Lipinski definition) is 2. The van der Waals surface area contributed by atoms with Crippen molar-refractivity contribution in [1.29, 1.82) is 0 Å². The van der Waals surface area contributed by atoms with E-state index in [4.69, 9.17) is 0 Å². The zero-order valence-electron chi connectivity index (χ0n) is 21.0. The van der Waals surface area contributed by atoms with Gasteiger partial charge in [-0.1, -0.05) is 18.1 Å². The molecule has 0 bridgehead atoms. The first-order valence-corrected chi connectivity index (χ1v) is 12.8. The molecule has 1 aliphatic carbocycles. The van der Waals surface area contributed by atoms with E-state index in [1.807, 2.05) is 13.2 Å². The number of halogens is 2. The van der Waals surface area contributed by atoms with E-state index >= 15 is 4.39 Å². The molecule has 1 aromatic carbocycles. The Labute approximate surface area is 221 Å². The fraction of sp³-hybridized carbons (Fsp3) is 0.286. The van der Waals surface area contributed by atoms with Crippen LogP contribution in [0.2, 0.25) is 0 Å². The minimum atomic E-state index is -1.05. The van der Waals surface area contributed by atoms with Gasteiger partial charge in [-0.25, -0.2) is 13.8 Å². The number of aryl methyl sites for hydroxylation is 1. The van der Waals surface area contributed by atoms with Gasteiger partial charge in [0.1, 0.15) is 17.9 Å². The summed E-state index contributed by atoms with van der Waals surface area (Å²) in [6.07, 6.45) is 6.02. The minimum Gasteiger partial charge on any atom is -0.354 e. The van der Waals surface area contributed by atoms with E-state index in [0.29, 0.717) is 28.0 Å². The van der Waals surface area contributed by atoms with Crippen molar-refractivity contribution in [3.63, 3.8) is 0 Å². The Hall–Kier alpha value is -4.72. The fourth-order valence-corrected chi connectivity index (χ4v) is 5.16. The van der Waals surface area contributed by atoms with Gasteiger partial charge < -0.3 is 14.9 Å². The zero-order chi connectivity index (χ0) is 26.7. The monoisotopic (exact) mass is 526 g/mol. The van der Waals surface area contributed by atoms with Crippen molar-refractivity contribution < 1.29 is 13.6 Å². The number of hydrogen-bond acceptors (Lipinski definition) is 4. The van der Waals surface area contributed by atoms with Gasteiger partial charge in [-0.05, 0) is 30.9 Å². The van der Waals surface area contributed by atoms with E-state index in [-0.39, 0.29) is 30.4 Å². The van der Waals surface area contributed by atoms with Crippen molar-refractivity contribution >= 4 is 16.8 Å². The zero-order valence-corrected chi connectivity index (χ0v) is 21.0. The average molecular weight is 527 g/mol. The van der Waals surface area contributed by atoms with E-state index in [0.717, 1.165) is 18.4 Å². The smallest absolute Gasteiger partial charge is 0.272 e. The Bertz CT molecular complexity index is 1790. The van der Waals surface area contributed by atoms with Crippen LogP contribution in [0, 0.1) is 17.7 Å². The van der Waals surface area contributed by atoms with Crippen LogP contribution in [0.1, 0.15) is 63.8 Å². The minimum absolute atomic E-state index is 0.147. The lowest BCUT2D eigenvalue weighted by molar-refractivity contribution is 0.0935. The van der Waals surface area contributed by atoms with Gasteiger partial charge in [0.15, 0.2) is 11.5 Å². The lowest BCUT2D eigenvalue weighted by Crippen LogP contribution is -2.31. The van der Waals surface area contributed by atoms with Gasteiger partial charge in [-0.3, -0.25) is 14.2 Å². The van der Waals surface area contributed by atoms with E-state index < -0.39 is 23.9 Å². The molecular formula is C28H24F2N8O. The quantitative estimate of drug-likeness (QED) is 0.342. The van der Waals surface area contributed by atoms with Crippen LogP contribution in [0.25, 0.3) is 10.9 Å². The predicted molar refractivity (Wildman–Crippen MR) is 138 cm³/mol. The molecule has 0 saturated heterocycles. The third kappa shape index (κ3) is 4.18. The van der Waals surface area contributed by atoms with E-state index in [9.17, 15) is 9.18 Å². The van der Waals surface area contributed by atoms with Crippen molar-refractivity contribution in [2.75, 3.05) is 0 Å². The molecule has 196 valence electrons. The van der Waals surface area contributed by atoms with Gasteiger partial charge >= 0.3 is 0 Å². The van der Waals surface area contributed by atoms with Gasteiger partial charge in [0.2, 0.25) is 0 Å². The molecule has 4 aromatic heterocycles. The van der Waals surface area contributed by atoms with Gasteiger partial charge in [0.05, 0.1) is 42.1 Å². The Balaban J connectivity index is 1.26. The Morgan fingerprint density at radius 1 is 1.26 bits per heavy atom. The fourth-order valence-electron chi connectivity index (χ4n) is 5.16. The number of aromatic nitrogens is 7. The highest BCUT2D eigenvalue weighted by Gasteiger charge is 2.34. The van der Waals surface area contributed by atoms with Crippen LogP contribution in [-0.2, 0) is 20.0 Å². The number of carbonyl (C=O) groups excluding carboxylic acids is 1. The van der Waals surface area contributed by atoms with E-state index in [1.165, 1.54) is 6.33 Å². The number of aromatic amines is 1. The number of rotatable bonds is 5. The van der Waals surface area contributed by atoms with Crippen LogP contribution >= 0.6 is 0 Å². The molecule has 0 radical (unpaired) electrons. The van der Waals surface area contributed by atoms with Crippen LogP contribution in [0.15, 0.2) is 49.1 Å². The van der Waals surface area contributed by atoms with Crippen LogP contribution < -0.4 is 5.32 Å². The second-order valence-electron chi connectivity index (χ2n) is 10.1. The highest BCUT2D eigenvalue weighted by Crippen LogP contribution is 2.36. The molecule has 0 spiro atoms. The number of nitrogens with one attached hydrogen (secondary N) is 2. The van der Waals surface area contributed by atoms with Crippen LogP contribution in [-0.4, -0.2) is 46.2 Å². The van der Waals surface area contributed by atoms with Crippen LogP contribution in [0.3, 0.4) is 0 Å². The number of fused-ring (bicyclic) bond motifs is 2. The van der Waals surface area contributed by atoms with E-state index in [2.05, 4.69) is 37.3 Å². The SMILES string of the molecule is Cn1cc(C#Cc2cc(C(=O)NC(c3ncn4c3C[C@@H](F)C4)c3[nH]c4ccccc4c3F)nn2C2CC2)cn1. The summed E-state index contributed by atoms with van der Waals surface area (Å²) in [7, 11) is 1.82. The molecule has 2 N–H and O–H groups in total. The van der Waals surface area contributed by atoms with Gasteiger partial charge in [0, 0.05) is 42.3 Å². The molecule has 2 aliphatic rings. The number of carbonyl (C=O) groups is 1. The molecule has 1 amide bonds. The van der Waals surface area contributed by atoms with Crippen LogP contribution in [0.5, 0.6) is 0 Å². The summed E-state index contributed by atoms with van der Waals surface area (Å²) in [4.78, 5) is 21.2. The topological polar surface area (TPSA) is 98.4 Å². The van der Waals surface area contributed by atoms with Crippen molar-refractivity contribution in [3.05, 3.63) is 88.9 Å². The lowest BCUT2D eigenvalue weighted by atomic mass is 10.1. The summed E-state index contributed by atoms with van der Waals surface area (Å²) in [6.45, 7) is 0.183. The number of benzene rings is 1. The van der Waals surface area contributed by atoms with Gasteiger partial charge in [-0.2, -0.15) is 10.2 Å². The molecule has 9 nitrogen and oxygen atoms in total. The molecule has 1 fully saturated rings. The maximum absolute atomic E-state index is 15.7. The second kappa shape index (κ2) is 8.94. The van der Waals surface area contributed by atoms with Crippen molar-refractivity contribution in [2.45, 2.75) is 44.1 Å². The number of alkyl halides is 1. The average Bonchev–Trinajstić information content (AvgIpc) is 3.26. The molecule has 1 unspecified atom stereocenters. The molecule has 39 heavy (non-hydrogen) atoms. The first kappa shape index (κ1) is 23.4. The highest BCUT2D eigenvalue weighted by molar-refractivity contribution is 5.93. The Morgan fingerprint density at radius 2 is 2.10 bits per heavy atom. The maximum atomic E-state index is 15.7. The molecule has 1 aliphatic heterocycles. The largest absolute Gasteiger partial charge is 0.354 e. The molecule has 11 heteroatoms. The van der Waals surface area contributed by atoms with E-state index in [1.54, 1.807) is 50.5 Å². The summed E-state index contributed by atoms with van der Waals surface area (Å²) in [5.41, 5.74) is 3.33. The summed E-state index contributed by atoms with van der Waals surface area (Å²) < 4.78 is 35.1. The van der Waals surface area contributed by atoms with Crippen molar-refractivity contribution in [2.24, 2.45) is 7.05 Å². The number of H-pyrrole nitrogens is 1. The highest BCUT2D eigenvalue weighted by atomic mass is 19.1. The molecule has 5 aromatic rings. The van der Waals surface area contributed by atoms with Gasteiger partial charge in [0.25, 0.3) is 5.91 Å². The maximum Gasteiger partial charge on any atom is 0.272 e. The lowest BCUT2D eigenvalue weighted by Gasteiger charge is -2.17. The van der Waals surface area contributed by atoms with Crippen LogP contribution in [0.4, 0.5) is 8.78 Å². The summed E-state index contributed by atoms with van der Waals surface area (Å²) in [5, 5.41) is 12.0. The first-order valence-electron chi connectivity index (χ1n) is 12.8. The third-order valence-corrected chi connectivity index (χ3v) is 7.20. The normalized spacial score (nSPS) is 17.2. The first-order chi connectivity index (χ1) is 18.9. The number of para-hydroxylation sites is 1. The molecule has 1 saturated carbocycles. The summed E-state index contributed by atoms with van der Waals surface area (Å²) in [6, 6.07) is 7.84. The molecular weight excluding hydrogens is 502 g/mol. The van der Waals surface area contributed by atoms with Crippen molar-refractivity contribution in [1.82, 2.24) is 39.4 Å². The summed E-state index contributed by atoms with van der Waals surface area (Å²) in [5.74, 6) is 5.19. The Morgan fingerprint density at radius 3 is 2.87 bits per heavy atom. The molecule has 5 heterocycles. The molecule has 7 rings (SSSR count). The van der Waals surface area contributed by atoms with Gasteiger partial charge in [-0.15, -0.1) is 0 Å². The number of amides is 1. The Kier molecular flexibility index (Phi) is 5.36. The molecule has 2 atom stereocenters. The summed E-state index contributed by atoms with van der Waals surface area (Å²) >= 11 is 0.